The highest BCUT2D eigenvalue weighted by Crippen LogP contribution is 2.45. The third-order valence-electron chi connectivity index (χ3n) is 6.45. The van der Waals surface area contributed by atoms with Gasteiger partial charge in [0.05, 0.1) is 18.0 Å². The standard InChI is InChI=1S/C25H27N5O2/c1-16-6-5-13-26-24(16)19-11-12-23(17(2)14-19)32-15-21-20(18-9-10-18)7-4-8-22(21)30-25(31)29(3)27-28-30/h4-8,11-14,18,20-21H,9-10,15H2,1-3H3. The predicted molar refractivity (Wildman–Crippen MR) is 123 cm³/mol. The third kappa shape index (κ3) is 3.79. The molecule has 0 radical (unpaired) electrons. The molecule has 0 aliphatic heterocycles. The minimum absolute atomic E-state index is 0.0408. The normalized spacial score (nSPS) is 20.3. The molecule has 2 aromatic heterocycles. The van der Waals surface area contributed by atoms with Crippen LogP contribution in [0.5, 0.6) is 5.75 Å². The van der Waals surface area contributed by atoms with Crippen molar-refractivity contribution in [2.45, 2.75) is 26.7 Å². The molecule has 164 valence electrons. The second-order valence-electron chi connectivity index (χ2n) is 8.75. The topological polar surface area (TPSA) is 74.8 Å². The molecule has 5 rings (SSSR count). The maximum absolute atomic E-state index is 12.5. The lowest BCUT2D eigenvalue weighted by molar-refractivity contribution is 0.234. The number of rotatable bonds is 6. The van der Waals surface area contributed by atoms with Crippen molar-refractivity contribution in [2.24, 2.45) is 24.8 Å². The summed E-state index contributed by atoms with van der Waals surface area (Å²) in [6, 6.07) is 10.2. The first-order valence-electron chi connectivity index (χ1n) is 11.1. The first kappa shape index (κ1) is 20.4. The van der Waals surface area contributed by atoms with Crippen molar-refractivity contribution in [3.63, 3.8) is 0 Å². The molecular formula is C25H27N5O2. The molecule has 2 unspecified atom stereocenters. The summed E-state index contributed by atoms with van der Waals surface area (Å²) in [6.07, 6.45) is 10.5. The highest BCUT2D eigenvalue weighted by Gasteiger charge is 2.39. The second kappa shape index (κ2) is 8.22. The quantitative estimate of drug-likeness (QED) is 0.596. The van der Waals surface area contributed by atoms with E-state index in [-0.39, 0.29) is 11.6 Å². The highest BCUT2D eigenvalue weighted by molar-refractivity contribution is 5.65. The largest absolute Gasteiger partial charge is 0.493 e. The lowest BCUT2D eigenvalue weighted by Crippen LogP contribution is -2.32. The Kier molecular flexibility index (Phi) is 5.25. The van der Waals surface area contributed by atoms with Gasteiger partial charge in [-0.05, 0) is 90.4 Å². The predicted octanol–water partition coefficient (Wildman–Crippen LogP) is 3.79. The van der Waals surface area contributed by atoms with E-state index in [9.17, 15) is 4.79 Å². The molecule has 0 amide bonds. The maximum atomic E-state index is 12.5. The van der Waals surface area contributed by atoms with Crippen LogP contribution in [0.4, 0.5) is 0 Å². The molecule has 7 heteroatoms. The first-order chi connectivity index (χ1) is 15.5. The molecule has 1 fully saturated rings. The number of allylic oxidation sites excluding steroid dienone is 3. The van der Waals surface area contributed by atoms with E-state index in [2.05, 4.69) is 53.5 Å². The molecule has 2 atom stereocenters. The van der Waals surface area contributed by atoms with Gasteiger partial charge in [-0.15, -0.1) is 0 Å². The number of aryl methyl sites for hydroxylation is 3. The van der Waals surface area contributed by atoms with Crippen LogP contribution in [-0.2, 0) is 7.05 Å². The molecule has 7 nitrogen and oxygen atoms in total. The third-order valence-corrected chi connectivity index (χ3v) is 6.45. The average Bonchev–Trinajstić information content (AvgIpc) is 3.59. The molecule has 0 spiro atoms. The Balaban J connectivity index is 1.40. The van der Waals surface area contributed by atoms with Gasteiger partial charge < -0.3 is 4.74 Å². The number of hydrogen-bond donors (Lipinski definition) is 0. The Hall–Kier alpha value is -3.48. The lowest BCUT2D eigenvalue weighted by atomic mass is 9.82. The van der Waals surface area contributed by atoms with Gasteiger partial charge in [-0.25, -0.2) is 4.79 Å². The zero-order valence-corrected chi connectivity index (χ0v) is 18.6. The van der Waals surface area contributed by atoms with Gasteiger partial charge in [-0.1, -0.05) is 18.2 Å². The van der Waals surface area contributed by atoms with Gasteiger partial charge in [-0.2, -0.15) is 9.36 Å². The van der Waals surface area contributed by atoms with E-state index in [1.54, 1.807) is 7.05 Å². The number of tetrazole rings is 1. The van der Waals surface area contributed by atoms with Crippen molar-refractivity contribution in [3.8, 4) is 17.0 Å². The summed E-state index contributed by atoms with van der Waals surface area (Å²) >= 11 is 0. The van der Waals surface area contributed by atoms with Crippen molar-refractivity contribution in [1.82, 2.24) is 24.8 Å². The van der Waals surface area contributed by atoms with E-state index in [0.717, 1.165) is 33.8 Å². The van der Waals surface area contributed by atoms with Crippen molar-refractivity contribution >= 4 is 5.70 Å². The molecule has 2 heterocycles. The smallest absolute Gasteiger partial charge is 0.367 e. The summed E-state index contributed by atoms with van der Waals surface area (Å²) in [5.74, 6) is 1.85. The summed E-state index contributed by atoms with van der Waals surface area (Å²) in [6.45, 7) is 4.60. The summed E-state index contributed by atoms with van der Waals surface area (Å²) in [4.78, 5) is 17.0. The molecule has 0 bridgehead atoms. The van der Waals surface area contributed by atoms with Crippen molar-refractivity contribution in [3.05, 3.63) is 76.4 Å². The fourth-order valence-corrected chi connectivity index (χ4v) is 4.53. The summed E-state index contributed by atoms with van der Waals surface area (Å²) in [7, 11) is 1.61. The maximum Gasteiger partial charge on any atom is 0.367 e. The van der Waals surface area contributed by atoms with Gasteiger partial charge in [0.1, 0.15) is 5.75 Å². The summed E-state index contributed by atoms with van der Waals surface area (Å²) in [5, 5.41) is 7.98. The molecule has 32 heavy (non-hydrogen) atoms. The molecule has 2 aliphatic rings. The SMILES string of the molecule is Cc1cc(-c2ncccc2C)ccc1OCC1C(n2nnn(C)c2=O)=CC=CC1C1CC1. The van der Waals surface area contributed by atoms with Gasteiger partial charge in [0.15, 0.2) is 0 Å². The summed E-state index contributed by atoms with van der Waals surface area (Å²) < 4.78 is 9.00. The van der Waals surface area contributed by atoms with Crippen LogP contribution in [0.25, 0.3) is 17.0 Å². The van der Waals surface area contributed by atoms with Crippen LogP contribution in [0, 0.1) is 31.6 Å². The Morgan fingerprint density at radius 1 is 1.12 bits per heavy atom. The Morgan fingerprint density at radius 3 is 2.66 bits per heavy atom. The minimum Gasteiger partial charge on any atom is -0.493 e. The van der Waals surface area contributed by atoms with Crippen LogP contribution in [0.15, 0.2) is 59.6 Å². The van der Waals surface area contributed by atoms with Gasteiger partial charge in [0.25, 0.3) is 0 Å². The van der Waals surface area contributed by atoms with Crippen LogP contribution in [0.3, 0.4) is 0 Å². The van der Waals surface area contributed by atoms with Gasteiger partial charge >= 0.3 is 5.69 Å². The number of benzene rings is 1. The van der Waals surface area contributed by atoms with Crippen LogP contribution in [-0.4, -0.2) is 31.4 Å². The van der Waals surface area contributed by atoms with E-state index in [1.165, 1.54) is 22.2 Å². The second-order valence-corrected chi connectivity index (χ2v) is 8.75. The van der Waals surface area contributed by atoms with Crippen LogP contribution < -0.4 is 10.4 Å². The monoisotopic (exact) mass is 429 g/mol. The molecule has 2 aliphatic carbocycles. The average molecular weight is 430 g/mol. The Morgan fingerprint density at radius 2 is 1.97 bits per heavy atom. The van der Waals surface area contributed by atoms with Crippen LogP contribution in [0.2, 0.25) is 0 Å². The van der Waals surface area contributed by atoms with E-state index >= 15 is 0 Å². The molecule has 0 saturated heterocycles. The molecule has 1 saturated carbocycles. The van der Waals surface area contributed by atoms with E-state index < -0.39 is 0 Å². The van der Waals surface area contributed by atoms with Crippen molar-refractivity contribution < 1.29 is 4.74 Å². The lowest BCUT2D eigenvalue weighted by Gasteiger charge is -2.29. The van der Waals surface area contributed by atoms with Gasteiger partial charge in [0.2, 0.25) is 0 Å². The fourth-order valence-electron chi connectivity index (χ4n) is 4.53. The molecule has 3 aromatic rings. The molecule has 1 aromatic carbocycles. The zero-order chi connectivity index (χ0) is 22.2. The van der Waals surface area contributed by atoms with Crippen molar-refractivity contribution in [1.29, 1.82) is 0 Å². The van der Waals surface area contributed by atoms with E-state index in [4.69, 9.17) is 4.74 Å². The zero-order valence-electron chi connectivity index (χ0n) is 18.6. The number of hydrogen-bond acceptors (Lipinski definition) is 5. The van der Waals surface area contributed by atoms with E-state index in [1.807, 2.05) is 30.5 Å². The minimum atomic E-state index is -0.239. The van der Waals surface area contributed by atoms with Crippen molar-refractivity contribution in [2.75, 3.05) is 6.61 Å². The fraction of sp³-hybridized carbons (Fsp3) is 0.360. The number of nitrogens with zero attached hydrogens (tertiary/aromatic N) is 5. The number of aromatic nitrogens is 5. The molecular weight excluding hydrogens is 402 g/mol. The Bertz CT molecular complexity index is 1270. The van der Waals surface area contributed by atoms with E-state index in [0.29, 0.717) is 18.4 Å². The summed E-state index contributed by atoms with van der Waals surface area (Å²) in [5.41, 5.74) is 4.88. The van der Waals surface area contributed by atoms with Gasteiger partial charge in [-0.3, -0.25) is 4.98 Å². The Labute approximate surface area is 187 Å². The van der Waals surface area contributed by atoms with Gasteiger partial charge in [0, 0.05) is 24.7 Å². The van der Waals surface area contributed by atoms with Crippen LogP contribution in [0.1, 0.15) is 24.0 Å². The first-order valence-corrected chi connectivity index (χ1v) is 11.1. The highest BCUT2D eigenvalue weighted by atomic mass is 16.5. The number of pyridine rings is 1. The number of ether oxygens (including phenoxy) is 1. The molecule has 0 N–H and O–H groups in total. The van der Waals surface area contributed by atoms with Crippen LogP contribution >= 0.6 is 0 Å².